The Labute approximate surface area is 155 Å². The smallest absolute Gasteiger partial charge is 0.245 e. The van der Waals surface area contributed by atoms with Crippen LogP contribution in [-0.4, -0.2) is 42.2 Å². The fourth-order valence-electron chi connectivity index (χ4n) is 3.19. The predicted octanol–water partition coefficient (Wildman–Crippen LogP) is 2.46. The van der Waals surface area contributed by atoms with Crippen LogP contribution in [0.25, 0.3) is 11.0 Å². The molecule has 0 atom stereocenters. The van der Waals surface area contributed by atoms with Crippen LogP contribution in [0.2, 0.25) is 0 Å². The van der Waals surface area contributed by atoms with Crippen LogP contribution in [-0.2, 0) is 23.0 Å². The predicted molar refractivity (Wildman–Crippen MR) is 98.3 cm³/mol. The van der Waals surface area contributed by atoms with Crippen molar-refractivity contribution in [3.63, 3.8) is 0 Å². The van der Waals surface area contributed by atoms with Gasteiger partial charge in [-0.3, -0.25) is 0 Å². The number of aromatic nitrogens is 2. The molecule has 2 aromatic carbocycles. The zero-order chi connectivity index (χ0) is 18.3. The highest BCUT2D eigenvalue weighted by molar-refractivity contribution is 7.89. The van der Waals surface area contributed by atoms with Crippen molar-refractivity contribution in [3.05, 3.63) is 41.5 Å². The summed E-state index contributed by atoms with van der Waals surface area (Å²) in [6.45, 7) is 0.685. The number of ether oxygens (including phenoxy) is 2. The van der Waals surface area contributed by atoms with E-state index in [0.29, 0.717) is 35.5 Å². The molecule has 0 fully saturated rings. The number of fused-ring (bicyclic) bond motifs is 2. The average Bonchev–Trinajstić information content (AvgIpc) is 3.14. The normalized spacial score (nSPS) is 15.0. The number of benzene rings is 2. The lowest BCUT2D eigenvalue weighted by Gasteiger charge is -2.29. The molecule has 9 heteroatoms. The number of hydrogen-bond acceptors (Lipinski definition) is 7. The SMILES string of the molecule is COc1cc2c(cc1OC)CN(S(=O)(=O)c1cccc3nsnc13)CC2. The third kappa shape index (κ3) is 2.72. The van der Waals surface area contributed by atoms with E-state index in [1.807, 2.05) is 12.1 Å². The van der Waals surface area contributed by atoms with Gasteiger partial charge in [0.1, 0.15) is 15.9 Å². The highest BCUT2D eigenvalue weighted by Gasteiger charge is 2.31. The minimum atomic E-state index is -3.67. The molecule has 3 aromatic rings. The van der Waals surface area contributed by atoms with Gasteiger partial charge in [0.25, 0.3) is 0 Å². The van der Waals surface area contributed by atoms with Gasteiger partial charge < -0.3 is 9.47 Å². The van der Waals surface area contributed by atoms with Gasteiger partial charge in [-0.25, -0.2) is 8.42 Å². The molecule has 1 aromatic heterocycles. The molecule has 136 valence electrons. The molecular formula is C17H17N3O4S2. The third-order valence-electron chi connectivity index (χ3n) is 4.55. The first kappa shape index (κ1) is 17.2. The van der Waals surface area contributed by atoms with Gasteiger partial charge in [-0.2, -0.15) is 13.1 Å². The van der Waals surface area contributed by atoms with Crippen molar-refractivity contribution in [3.8, 4) is 11.5 Å². The molecule has 0 N–H and O–H groups in total. The lowest BCUT2D eigenvalue weighted by molar-refractivity contribution is 0.348. The zero-order valence-electron chi connectivity index (χ0n) is 14.3. The maximum atomic E-state index is 13.2. The minimum Gasteiger partial charge on any atom is -0.493 e. The lowest BCUT2D eigenvalue weighted by Crippen LogP contribution is -2.36. The van der Waals surface area contributed by atoms with E-state index >= 15 is 0 Å². The van der Waals surface area contributed by atoms with Gasteiger partial charge in [0.15, 0.2) is 11.5 Å². The average molecular weight is 391 g/mol. The summed E-state index contributed by atoms with van der Waals surface area (Å²) in [5, 5.41) is 0. The second kappa shape index (κ2) is 6.49. The molecule has 1 aliphatic rings. The van der Waals surface area contributed by atoms with Crippen molar-refractivity contribution in [2.45, 2.75) is 17.9 Å². The Balaban J connectivity index is 1.73. The Hall–Kier alpha value is -2.23. The van der Waals surface area contributed by atoms with Crippen molar-refractivity contribution < 1.29 is 17.9 Å². The van der Waals surface area contributed by atoms with Crippen LogP contribution in [0, 0.1) is 0 Å². The fraction of sp³-hybridized carbons (Fsp3) is 0.294. The summed E-state index contributed by atoms with van der Waals surface area (Å²) in [6.07, 6.45) is 0.611. The van der Waals surface area contributed by atoms with E-state index in [-0.39, 0.29) is 11.4 Å². The molecule has 0 aliphatic carbocycles. The number of methoxy groups -OCH3 is 2. The summed E-state index contributed by atoms with van der Waals surface area (Å²) in [4.78, 5) is 0.202. The van der Waals surface area contributed by atoms with Crippen molar-refractivity contribution in [2.75, 3.05) is 20.8 Å². The van der Waals surface area contributed by atoms with E-state index in [9.17, 15) is 8.42 Å². The molecule has 0 bridgehead atoms. The first-order chi connectivity index (χ1) is 12.5. The number of sulfonamides is 1. The van der Waals surface area contributed by atoms with Crippen LogP contribution in [0.4, 0.5) is 0 Å². The topological polar surface area (TPSA) is 81.6 Å². The maximum absolute atomic E-state index is 13.2. The van der Waals surface area contributed by atoms with Gasteiger partial charge in [0, 0.05) is 13.1 Å². The number of rotatable bonds is 4. The van der Waals surface area contributed by atoms with E-state index in [4.69, 9.17) is 9.47 Å². The van der Waals surface area contributed by atoms with Crippen LogP contribution >= 0.6 is 11.7 Å². The third-order valence-corrected chi connectivity index (χ3v) is 6.97. The van der Waals surface area contributed by atoms with Crippen molar-refractivity contribution >= 4 is 32.8 Å². The molecule has 4 rings (SSSR count). The summed E-state index contributed by atoms with van der Waals surface area (Å²) in [7, 11) is -0.514. The highest BCUT2D eigenvalue weighted by atomic mass is 32.2. The van der Waals surface area contributed by atoms with Crippen LogP contribution < -0.4 is 9.47 Å². The van der Waals surface area contributed by atoms with E-state index in [1.165, 1.54) is 4.31 Å². The van der Waals surface area contributed by atoms with Crippen LogP contribution in [0.5, 0.6) is 11.5 Å². The Bertz CT molecular complexity index is 1080. The molecule has 2 heterocycles. The quantitative estimate of drug-likeness (QED) is 0.680. The van der Waals surface area contributed by atoms with Crippen LogP contribution in [0.3, 0.4) is 0 Å². The molecule has 1 aliphatic heterocycles. The molecule has 0 saturated carbocycles. The van der Waals surface area contributed by atoms with Crippen LogP contribution in [0.15, 0.2) is 35.2 Å². The van der Waals surface area contributed by atoms with Gasteiger partial charge in [-0.15, -0.1) is 0 Å². The summed E-state index contributed by atoms with van der Waals surface area (Å²) >= 11 is 1.01. The molecule has 0 saturated heterocycles. The van der Waals surface area contributed by atoms with E-state index in [2.05, 4.69) is 8.75 Å². The molecule has 0 unspecified atom stereocenters. The summed E-state index contributed by atoms with van der Waals surface area (Å²) < 4.78 is 46.8. The first-order valence-electron chi connectivity index (χ1n) is 8.00. The van der Waals surface area contributed by atoms with E-state index in [1.54, 1.807) is 32.4 Å². The van der Waals surface area contributed by atoms with Crippen molar-refractivity contribution in [1.82, 2.24) is 13.1 Å². The van der Waals surface area contributed by atoms with Gasteiger partial charge in [0.2, 0.25) is 10.0 Å². The van der Waals surface area contributed by atoms with Crippen LogP contribution in [0.1, 0.15) is 11.1 Å². The summed E-state index contributed by atoms with van der Waals surface area (Å²) in [5.74, 6) is 1.25. The Kier molecular flexibility index (Phi) is 4.29. The molecule has 0 amide bonds. The van der Waals surface area contributed by atoms with Gasteiger partial charge >= 0.3 is 0 Å². The Morgan fingerprint density at radius 2 is 1.81 bits per heavy atom. The fourth-order valence-corrected chi connectivity index (χ4v) is 5.36. The number of hydrogen-bond donors (Lipinski definition) is 0. The second-order valence-electron chi connectivity index (χ2n) is 5.95. The van der Waals surface area contributed by atoms with Gasteiger partial charge in [0.05, 0.1) is 25.9 Å². The molecule has 0 radical (unpaired) electrons. The second-order valence-corrected chi connectivity index (χ2v) is 8.39. The standard InChI is InChI=1S/C17H17N3O4S2/c1-23-14-8-11-6-7-20(10-12(11)9-15(14)24-2)26(21,22)16-5-3-4-13-17(16)19-25-18-13/h3-5,8-9H,6-7,10H2,1-2H3. The van der Waals surface area contributed by atoms with Crippen molar-refractivity contribution in [1.29, 1.82) is 0 Å². The summed E-state index contributed by atoms with van der Waals surface area (Å²) in [5.41, 5.74) is 3.01. The molecule has 7 nitrogen and oxygen atoms in total. The van der Waals surface area contributed by atoms with Gasteiger partial charge in [-0.05, 0) is 41.8 Å². The summed E-state index contributed by atoms with van der Waals surface area (Å²) in [6, 6.07) is 8.82. The molecule has 0 spiro atoms. The Morgan fingerprint density at radius 3 is 2.54 bits per heavy atom. The van der Waals surface area contributed by atoms with E-state index < -0.39 is 10.0 Å². The Morgan fingerprint density at radius 1 is 1.08 bits per heavy atom. The lowest BCUT2D eigenvalue weighted by atomic mass is 10.0. The minimum absolute atomic E-state index is 0.202. The van der Waals surface area contributed by atoms with Crippen molar-refractivity contribution in [2.24, 2.45) is 0 Å². The molecule has 26 heavy (non-hydrogen) atoms. The maximum Gasteiger partial charge on any atom is 0.245 e. The van der Waals surface area contributed by atoms with Gasteiger partial charge in [-0.1, -0.05) is 6.07 Å². The highest BCUT2D eigenvalue weighted by Crippen LogP contribution is 2.35. The van der Waals surface area contributed by atoms with E-state index in [0.717, 1.165) is 22.9 Å². The largest absolute Gasteiger partial charge is 0.493 e. The number of nitrogens with zero attached hydrogens (tertiary/aromatic N) is 3. The zero-order valence-corrected chi connectivity index (χ0v) is 15.9. The monoisotopic (exact) mass is 391 g/mol. The molecular weight excluding hydrogens is 374 g/mol. The first-order valence-corrected chi connectivity index (χ1v) is 10.2.